The van der Waals surface area contributed by atoms with Crippen LogP contribution >= 0.6 is 0 Å². The lowest BCUT2D eigenvalue weighted by molar-refractivity contribution is -0.156. The Morgan fingerprint density at radius 2 is 1.97 bits per heavy atom. The first-order chi connectivity index (χ1) is 15.7. The van der Waals surface area contributed by atoms with Gasteiger partial charge in [0, 0.05) is 17.7 Å². The van der Waals surface area contributed by atoms with Gasteiger partial charge in [-0.05, 0) is 72.8 Å². The van der Waals surface area contributed by atoms with E-state index in [0.717, 1.165) is 49.1 Å². The van der Waals surface area contributed by atoms with Crippen LogP contribution in [-0.4, -0.2) is 23.1 Å². The van der Waals surface area contributed by atoms with Gasteiger partial charge < -0.3 is 10.5 Å². The number of nitrogens with zero attached hydrogens (tertiary/aromatic N) is 1. The maximum Gasteiger partial charge on any atom is 0.223 e. The number of amides is 1. The molecule has 4 nitrogen and oxygen atoms in total. The molecule has 1 spiro atoms. The van der Waals surface area contributed by atoms with E-state index < -0.39 is 5.41 Å². The first-order valence-electron chi connectivity index (χ1n) is 12.0. The topological polar surface area (TPSA) is 68.5 Å². The van der Waals surface area contributed by atoms with Gasteiger partial charge in [0.2, 0.25) is 5.91 Å². The summed E-state index contributed by atoms with van der Waals surface area (Å²) in [5.74, 6) is 0.301. The minimum atomic E-state index is -0.500. The van der Waals surface area contributed by atoms with Crippen LogP contribution in [0.4, 0.5) is 4.39 Å². The molecular formula is C28H33FN2O2. The molecule has 174 valence electrons. The molecule has 1 aromatic carbocycles. The second kappa shape index (κ2) is 7.76. The van der Waals surface area contributed by atoms with E-state index in [1.807, 2.05) is 18.2 Å². The number of benzene rings is 1. The van der Waals surface area contributed by atoms with Gasteiger partial charge in [-0.1, -0.05) is 45.0 Å². The summed E-state index contributed by atoms with van der Waals surface area (Å²) in [5, 5.41) is 0. The highest BCUT2D eigenvalue weighted by Gasteiger charge is 2.67. The van der Waals surface area contributed by atoms with Crippen molar-refractivity contribution in [2.45, 2.75) is 52.1 Å². The molecule has 0 bridgehead atoms. The Labute approximate surface area is 195 Å². The SMILES string of the molecule is C[C@@H]1CC[C@@]2(C)[C@H](/C=C/c3ccc(-c4cccc(F)c4)cn3)C3(CC[C@@H]2[C@]1(C)C(N)=O)CO3. The van der Waals surface area contributed by atoms with Gasteiger partial charge >= 0.3 is 0 Å². The number of nitrogens with two attached hydrogens (primary N) is 1. The summed E-state index contributed by atoms with van der Waals surface area (Å²) in [4.78, 5) is 17.3. The molecule has 5 heteroatoms. The van der Waals surface area contributed by atoms with Crippen molar-refractivity contribution in [3.63, 3.8) is 0 Å². The number of carbonyl (C=O) groups is 1. The quantitative estimate of drug-likeness (QED) is 0.617. The van der Waals surface area contributed by atoms with E-state index in [2.05, 4.69) is 37.9 Å². The van der Waals surface area contributed by atoms with Crippen LogP contribution < -0.4 is 5.73 Å². The second-order valence-corrected chi connectivity index (χ2v) is 10.9. The monoisotopic (exact) mass is 448 g/mol. The fraction of sp³-hybridized carbons (Fsp3) is 0.500. The van der Waals surface area contributed by atoms with Crippen molar-refractivity contribution in [1.29, 1.82) is 0 Å². The third kappa shape index (κ3) is 3.52. The summed E-state index contributed by atoms with van der Waals surface area (Å²) >= 11 is 0. The summed E-state index contributed by atoms with van der Waals surface area (Å²) < 4.78 is 19.6. The highest BCUT2D eigenvalue weighted by molar-refractivity contribution is 5.81. The molecule has 1 saturated heterocycles. The molecule has 6 atom stereocenters. The van der Waals surface area contributed by atoms with E-state index in [1.54, 1.807) is 12.3 Å². The van der Waals surface area contributed by atoms with Crippen molar-refractivity contribution in [2.75, 3.05) is 6.61 Å². The van der Waals surface area contributed by atoms with Crippen LogP contribution in [0, 0.1) is 34.4 Å². The summed E-state index contributed by atoms with van der Waals surface area (Å²) in [6.07, 6.45) is 10.1. The van der Waals surface area contributed by atoms with Crippen LogP contribution in [0.5, 0.6) is 0 Å². The van der Waals surface area contributed by atoms with Crippen molar-refractivity contribution < 1.29 is 13.9 Å². The molecule has 0 radical (unpaired) electrons. The van der Waals surface area contributed by atoms with E-state index in [1.165, 1.54) is 12.1 Å². The van der Waals surface area contributed by atoms with E-state index in [4.69, 9.17) is 10.5 Å². The first kappa shape index (κ1) is 22.3. The van der Waals surface area contributed by atoms with Gasteiger partial charge in [0.05, 0.1) is 23.3 Å². The fourth-order valence-corrected chi connectivity index (χ4v) is 6.94. The molecular weight excluding hydrogens is 415 g/mol. The molecule has 5 rings (SSSR count). The normalized spacial score (nSPS) is 37.8. The van der Waals surface area contributed by atoms with Crippen LogP contribution in [0.3, 0.4) is 0 Å². The summed E-state index contributed by atoms with van der Waals surface area (Å²) in [7, 11) is 0. The van der Waals surface area contributed by atoms with Gasteiger partial charge in [-0.2, -0.15) is 0 Å². The standard InChI is InChI=1S/C28H33FN2O2/c1-18-11-13-26(2)23(27(18,3)25(30)32)12-14-28(17-33-28)24(26)10-9-22-8-7-20(16-31-22)19-5-4-6-21(29)15-19/h4-10,15-16,18,23-24H,11-14,17H2,1-3H3,(H2,30,32)/b10-9+/t18-,23+,24+,26-,27-,28?/m1/s1. The molecule has 2 aromatic rings. The number of primary amides is 1. The number of hydrogen-bond donors (Lipinski definition) is 1. The minimum Gasteiger partial charge on any atom is -0.369 e. The van der Waals surface area contributed by atoms with Crippen molar-refractivity contribution in [2.24, 2.45) is 34.3 Å². The Morgan fingerprint density at radius 3 is 2.61 bits per heavy atom. The predicted molar refractivity (Wildman–Crippen MR) is 127 cm³/mol. The van der Waals surface area contributed by atoms with Gasteiger partial charge in [0.15, 0.2) is 0 Å². The molecule has 33 heavy (non-hydrogen) atoms. The van der Waals surface area contributed by atoms with Gasteiger partial charge in [-0.15, -0.1) is 0 Å². The molecule has 2 saturated carbocycles. The summed E-state index contributed by atoms with van der Waals surface area (Å²) in [6.45, 7) is 7.38. The molecule has 1 aliphatic heterocycles. The van der Waals surface area contributed by atoms with Crippen LogP contribution in [0.2, 0.25) is 0 Å². The lowest BCUT2D eigenvalue weighted by atomic mass is 9.43. The lowest BCUT2D eigenvalue weighted by Crippen LogP contribution is -2.60. The highest BCUT2D eigenvalue weighted by Crippen LogP contribution is 2.66. The predicted octanol–water partition coefficient (Wildman–Crippen LogP) is 5.62. The van der Waals surface area contributed by atoms with Crippen LogP contribution in [0.15, 0.2) is 48.7 Å². The molecule has 1 unspecified atom stereocenters. The third-order valence-corrected chi connectivity index (χ3v) is 9.24. The summed E-state index contributed by atoms with van der Waals surface area (Å²) in [5.41, 5.74) is 7.89. The second-order valence-electron chi connectivity index (χ2n) is 10.9. The Balaban J connectivity index is 1.44. The van der Waals surface area contributed by atoms with Gasteiger partial charge in [-0.3, -0.25) is 9.78 Å². The molecule has 3 aliphatic rings. The van der Waals surface area contributed by atoms with Crippen LogP contribution in [-0.2, 0) is 9.53 Å². The Kier molecular flexibility index (Phi) is 5.24. The minimum absolute atomic E-state index is 0.0525. The molecule has 1 amide bonds. The fourth-order valence-electron chi connectivity index (χ4n) is 6.94. The van der Waals surface area contributed by atoms with Crippen LogP contribution in [0.1, 0.15) is 52.1 Å². The number of hydrogen-bond acceptors (Lipinski definition) is 3. The van der Waals surface area contributed by atoms with Crippen molar-refractivity contribution in [3.05, 3.63) is 60.2 Å². The molecule has 2 aliphatic carbocycles. The molecule has 1 aromatic heterocycles. The number of aromatic nitrogens is 1. The summed E-state index contributed by atoms with van der Waals surface area (Å²) in [6, 6.07) is 10.5. The Hall–Kier alpha value is -2.53. The highest BCUT2D eigenvalue weighted by atomic mass is 19.1. The number of fused-ring (bicyclic) bond motifs is 1. The molecule has 2 heterocycles. The number of pyridine rings is 1. The third-order valence-electron chi connectivity index (χ3n) is 9.24. The van der Waals surface area contributed by atoms with E-state index in [0.29, 0.717) is 0 Å². The van der Waals surface area contributed by atoms with Crippen molar-refractivity contribution in [3.8, 4) is 11.1 Å². The van der Waals surface area contributed by atoms with Gasteiger partial charge in [0.1, 0.15) is 5.82 Å². The Morgan fingerprint density at radius 1 is 1.18 bits per heavy atom. The number of halogens is 1. The van der Waals surface area contributed by atoms with Gasteiger partial charge in [-0.25, -0.2) is 4.39 Å². The maximum absolute atomic E-state index is 13.6. The lowest BCUT2D eigenvalue weighted by Gasteiger charge is -2.60. The Bertz CT molecular complexity index is 1090. The average Bonchev–Trinajstić information content (AvgIpc) is 3.56. The largest absolute Gasteiger partial charge is 0.369 e. The maximum atomic E-state index is 13.6. The average molecular weight is 449 g/mol. The van der Waals surface area contributed by atoms with Crippen molar-refractivity contribution >= 4 is 12.0 Å². The molecule has 2 N–H and O–H groups in total. The number of epoxide rings is 1. The zero-order chi connectivity index (χ0) is 23.4. The van der Waals surface area contributed by atoms with Crippen LogP contribution in [0.25, 0.3) is 17.2 Å². The zero-order valence-electron chi connectivity index (χ0n) is 19.7. The molecule has 3 fully saturated rings. The van der Waals surface area contributed by atoms with E-state index >= 15 is 0 Å². The van der Waals surface area contributed by atoms with Gasteiger partial charge in [0.25, 0.3) is 0 Å². The number of ether oxygens (including phenoxy) is 1. The zero-order valence-corrected chi connectivity index (χ0v) is 19.7. The number of carbonyl (C=O) groups excluding carboxylic acids is 1. The van der Waals surface area contributed by atoms with E-state index in [9.17, 15) is 9.18 Å². The number of rotatable bonds is 4. The smallest absolute Gasteiger partial charge is 0.223 e. The van der Waals surface area contributed by atoms with E-state index in [-0.39, 0.29) is 40.5 Å². The first-order valence-corrected chi connectivity index (χ1v) is 12.0. The van der Waals surface area contributed by atoms with Crippen molar-refractivity contribution in [1.82, 2.24) is 4.98 Å².